The molecule has 0 radical (unpaired) electrons. The summed E-state index contributed by atoms with van der Waals surface area (Å²) in [6.45, 7) is 6.56. The molecule has 7 rings (SSSR count). The van der Waals surface area contributed by atoms with Crippen LogP contribution in [0.5, 0.6) is 0 Å². The standard InChI is InChI=1S/C36H40N6O/c1-27(24-28-10-4-2-5-11-28)29-12-8-13-30(25-29)35-39-42(31-14-6-3-7-15-31)36(33-16-9-19-37-33)41(35)32-17-18-34(38-26-32)40-20-22-43-23-21-40/h2-8,10-15,17-18,25-27,33,36-37H,9,16,19-24H2,1H3/t27-,33-,36-/m1/s1. The Balaban J connectivity index is 1.28. The number of nitrogens with one attached hydrogen (secondary N) is 1. The third-order valence-corrected chi connectivity index (χ3v) is 8.87. The average molecular weight is 573 g/mol. The molecular weight excluding hydrogens is 532 g/mol. The number of benzene rings is 3. The van der Waals surface area contributed by atoms with Crippen molar-refractivity contribution in [2.75, 3.05) is 47.7 Å². The van der Waals surface area contributed by atoms with Crippen LogP contribution in [-0.2, 0) is 11.2 Å². The second-order valence-electron chi connectivity index (χ2n) is 11.8. The lowest BCUT2D eigenvalue weighted by Gasteiger charge is -2.36. The number of aromatic nitrogens is 1. The monoisotopic (exact) mass is 572 g/mol. The van der Waals surface area contributed by atoms with E-state index < -0.39 is 0 Å². The zero-order valence-corrected chi connectivity index (χ0v) is 24.8. The molecule has 7 heteroatoms. The molecule has 0 saturated carbocycles. The topological polar surface area (TPSA) is 56.2 Å². The van der Waals surface area contributed by atoms with Crippen LogP contribution in [0.15, 0.2) is 108 Å². The van der Waals surface area contributed by atoms with E-state index in [0.717, 1.165) is 80.7 Å². The Labute approximate surface area is 254 Å². The van der Waals surface area contributed by atoms with Crippen molar-refractivity contribution < 1.29 is 4.74 Å². The summed E-state index contributed by atoms with van der Waals surface area (Å²) in [7, 11) is 0. The van der Waals surface area contributed by atoms with Crippen molar-refractivity contribution in [2.24, 2.45) is 5.10 Å². The molecule has 2 saturated heterocycles. The number of ether oxygens (including phenoxy) is 1. The van der Waals surface area contributed by atoms with Crippen LogP contribution < -0.4 is 20.1 Å². The van der Waals surface area contributed by atoms with Gasteiger partial charge in [0.05, 0.1) is 30.8 Å². The molecule has 43 heavy (non-hydrogen) atoms. The van der Waals surface area contributed by atoms with E-state index in [4.69, 9.17) is 14.8 Å². The van der Waals surface area contributed by atoms with Crippen LogP contribution in [-0.4, -0.2) is 55.9 Å². The summed E-state index contributed by atoms with van der Waals surface area (Å²) in [6, 6.07) is 34.9. The van der Waals surface area contributed by atoms with Gasteiger partial charge >= 0.3 is 0 Å². The SMILES string of the molecule is C[C@H](Cc1ccccc1)c1cccc(C2=NN(c3ccccc3)[C@H]([C@H]3CCCN3)N2c2ccc(N3CCOCC3)nc2)c1. The maximum atomic E-state index is 5.57. The van der Waals surface area contributed by atoms with Gasteiger partial charge in [-0.15, -0.1) is 0 Å². The molecule has 0 amide bonds. The van der Waals surface area contributed by atoms with E-state index in [1.54, 1.807) is 0 Å². The number of hydrogen-bond donors (Lipinski definition) is 1. The molecular formula is C36H40N6O. The fourth-order valence-electron chi connectivity index (χ4n) is 6.59. The van der Waals surface area contributed by atoms with Crippen LogP contribution in [0.3, 0.4) is 0 Å². The Morgan fingerprint density at radius 1 is 0.884 bits per heavy atom. The number of morpholine rings is 1. The van der Waals surface area contributed by atoms with Gasteiger partial charge in [0.15, 0.2) is 5.84 Å². The molecule has 0 unspecified atom stereocenters. The third kappa shape index (κ3) is 5.88. The summed E-state index contributed by atoms with van der Waals surface area (Å²) in [4.78, 5) is 9.67. The van der Waals surface area contributed by atoms with E-state index in [1.807, 2.05) is 6.20 Å². The fourth-order valence-corrected chi connectivity index (χ4v) is 6.59. The first kappa shape index (κ1) is 27.6. The molecule has 3 aliphatic heterocycles. The van der Waals surface area contributed by atoms with Gasteiger partial charge in [-0.3, -0.25) is 4.90 Å². The molecule has 2 fully saturated rings. The van der Waals surface area contributed by atoms with Gasteiger partial charge in [0.2, 0.25) is 0 Å². The van der Waals surface area contributed by atoms with Crippen LogP contribution in [0.25, 0.3) is 0 Å². The average Bonchev–Trinajstić information content (AvgIpc) is 3.75. The fraction of sp³-hybridized carbons (Fsp3) is 0.333. The largest absolute Gasteiger partial charge is 0.378 e. The molecule has 0 bridgehead atoms. The van der Waals surface area contributed by atoms with Gasteiger partial charge in [-0.05, 0) is 73.2 Å². The molecule has 0 spiro atoms. The van der Waals surface area contributed by atoms with E-state index in [1.165, 1.54) is 11.1 Å². The number of para-hydroxylation sites is 1. The van der Waals surface area contributed by atoms with Crippen molar-refractivity contribution in [2.45, 2.75) is 44.3 Å². The van der Waals surface area contributed by atoms with Gasteiger partial charge in [-0.1, -0.05) is 73.7 Å². The van der Waals surface area contributed by atoms with E-state index in [9.17, 15) is 0 Å². The van der Waals surface area contributed by atoms with Crippen LogP contribution in [0.2, 0.25) is 0 Å². The Morgan fingerprint density at radius 2 is 1.67 bits per heavy atom. The lowest BCUT2D eigenvalue weighted by Crippen LogP contribution is -2.53. The highest BCUT2D eigenvalue weighted by Crippen LogP contribution is 2.36. The van der Waals surface area contributed by atoms with Crippen LogP contribution in [0.4, 0.5) is 17.2 Å². The van der Waals surface area contributed by atoms with Crippen molar-refractivity contribution in [1.82, 2.24) is 10.3 Å². The number of pyridine rings is 1. The minimum atomic E-state index is -0.0127. The van der Waals surface area contributed by atoms with Gasteiger partial charge in [0.1, 0.15) is 12.0 Å². The second kappa shape index (κ2) is 12.6. The van der Waals surface area contributed by atoms with Crippen molar-refractivity contribution in [3.63, 3.8) is 0 Å². The lowest BCUT2D eigenvalue weighted by atomic mass is 9.92. The Morgan fingerprint density at radius 3 is 2.40 bits per heavy atom. The Kier molecular flexibility index (Phi) is 8.08. The number of rotatable bonds is 8. The first-order valence-corrected chi connectivity index (χ1v) is 15.6. The predicted octanol–water partition coefficient (Wildman–Crippen LogP) is 6.03. The normalized spacial score (nSPS) is 21.2. The van der Waals surface area contributed by atoms with Gasteiger partial charge in [0, 0.05) is 24.7 Å². The predicted molar refractivity (Wildman–Crippen MR) is 175 cm³/mol. The van der Waals surface area contributed by atoms with Gasteiger partial charge in [-0.2, -0.15) is 5.10 Å². The van der Waals surface area contributed by atoms with Crippen molar-refractivity contribution in [3.05, 3.63) is 120 Å². The Hall–Kier alpha value is -4.20. The summed E-state index contributed by atoms with van der Waals surface area (Å²) < 4.78 is 5.57. The van der Waals surface area contributed by atoms with Crippen molar-refractivity contribution >= 4 is 23.0 Å². The summed E-state index contributed by atoms with van der Waals surface area (Å²) in [5.41, 5.74) is 5.94. The maximum absolute atomic E-state index is 5.57. The van der Waals surface area contributed by atoms with E-state index in [0.29, 0.717) is 5.92 Å². The first-order chi connectivity index (χ1) is 21.2. The van der Waals surface area contributed by atoms with Gasteiger partial charge in [-0.25, -0.2) is 9.99 Å². The third-order valence-electron chi connectivity index (χ3n) is 8.87. The highest BCUT2D eigenvalue weighted by atomic mass is 16.5. The van der Waals surface area contributed by atoms with Gasteiger partial charge in [0.25, 0.3) is 0 Å². The zero-order chi connectivity index (χ0) is 29.0. The van der Waals surface area contributed by atoms with Crippen molar-refractivity contribution in [1.29, 1.82) is 0 Å². The first-order valence-electron chi connectivity index (χ1n) is 15.6. The maximum Gasteiger partial charge on any atom is 0.162 e. The van der Waals surface area contributed by atoms with Crippen LogP contribution >= 0.6 is 0 Å². The molecule has 4 heterocycles. The summed E-state index contributed by atoms with van der Waals surface area (Å²) in [6.07, 6.45) is 5.27. The number of hydrogen-bond acceptors (Lipinski definition) is 7. The second-order valence-corrected chi connectivity index (χ2v) is 11.8. The number of hydrazone groups is 1. The Bertz CT molecular complexity index is 1510. The molecule has 3 atom stereocenters. The lowest BCUT2D eigenvalue weighted by molar-refractivity contribution is 0.122. The molecule has 3 aromatic carbocycles. The molecule has 7 nitrogen and oxygen atoms in total. The summed E-state index contributed by atoms with van der Waals surface area (Å²) in [5, 5.41) is 11.4. The molecule has 220 valence electrons. The molecule has 1 N–H and O–H groups in total. The minimum Gasteiger partial charge on any atom is -0.378 e. The van der Waals surface area contributed by atoms with Gasteiger partial charge < -0.3 is 15.0 Å². The smallest absolute Gasteiger partial charge is 0.162 e. The van der Waals surface area contributed by atoms with Crippen molar-refractivity contribution in [3.8, 4) is 0 Å². The van der Waals surface area contributed by atoms with E-state index in [2.05, 4.69) is 124 Å². The highest BCUT2D eigenvalue weighted by Gasteiger charge is 2.43. The summed E-state index contributed by atoms with van der Waals surface area (Å²) >= 11 is 0. The highest BCUT2D eigenvalue weighted by molar-refractivity contribution is 6.12. The van der Waals surface area contributed by atoms with E-state index in [-0.39, 0.29) is 12.2 Å². The van der Waals surface area contributed by atoms with E-state index >= 15 is 0 Å². The van der Waals surface area contributed by atoms with Crippen LogP contribution in [0, 0.1) is 0 Å². The molecule has 0 aliphatic carbocycles. The number of amidine groups is 1. The molecule has 4 aromatic rings. The molecule has 1 aromatic heterocycles. The number of anilines is 3. The quantitative estimate of drug-likeness (QED) is 0.278. The van der Waals surface area contributed by atoms with Crippen LogP contribution in [0.1, 0.15) is 42.4 Å². The minimum absolute atomic E-state index is 0.0127. The molecule has 3 aliphatic rings. The zero-order valence-electron chi connectivity index (χ0n) is 24.8. The number of nitrogens with zero attached hydrogens (tertiary/aromatic N) is 5. The summed E-state index contributed by atoms with van der Waals surface area (Å²) in [5.74, 6) is 2.33.